The lowest BCUT2D eigenvalue weighted by molar-refractivity contribution is -0.140. The summed E-state index contributed by atoms with van der Waals surface area (Å²) in [7, 11) is 0. The second kappa shape index (κ2) is 4.07. The number of benzene rings is 1. The van der Waals surface area contributed by atoms with Crippen LogP contribution in [0.15, 0.2) is 12.1 Å². The Bertz CT molecular complexity index is 388. The summed E-state index contributed by atoms with van der Waals surface area (Å²) in [5, 5.41) is 0. The highest BCUT2D eigenvalue weighted by Crippen LogP contribution is 2.35. The fraction of sp³-hybridized carbons (Fsp3) is 0.222. The smallest absolute Gasteiger partial charge is 0.295 e. The zero-order valence-electron chi connectivity index (χ0n) is 7.45. The molecule has 0 N–H and O–H groups in total. The Morgan fingerprint density at radius 3 is 2.20 bits per heavy atom. The first-order valence-corrected chi connectivity index (χ1v) is 4.88. The highest BCUT2D eigenvalue weighted by Gasteiger charge is 2.36. The van der Waals surface area contributed by atoms with Crippen LogP contribution < -0.4 is 0 Å². The minimum atomic E-state index is -4.74. The van der Waals surface area contributed by atoms with Gasteiger partial charge in [-0.3, -0.25) is 4.79 Å². The fourth-order valence-corrected chi connectivity index (χ4v) is 1.95. The fourth-order valence-electron chi connectivity index (χ4n) is 1.05. The number of Topliss-reactive ketones (excluding diaryl/α,β-unsaturated/α-hetero) is 1. The number of hydrogen-bond acceptors (Lipinski definition) is 1. The van der Waals surface area contributed by atoms with Gasteiger partial charge in [-0.2, -0.15) is 13.2 Å². The lowest BCUT2D eigenvalue weighted by Crippen LogP contribution is -2.12. The first-order valence-electron chi connectivity index (χ1n) is 3.80. The molecule has 0 atom stereocenters. The molecule has 0 unspecified atom stereocenters. The molecule has 82 valence electrons. The predicted octanol–water partition coefficient (Wildman–Crippen LogP) is 3.65. The van der Waals surface area contributed by atoms with E-state index in [1.165, 1.54) is 22.6 Å². The van der Waals surface area contributed by atoms with Crippen molar-refractivity contribution in [2.24, 2.45) is 0 Å². The second-order valence-corrected chi connectivity index (χ2v) is 4.03. The molecule has 0 amide bonds. The van der Waals surface area contributed by atoms with Crippen LogP contribution in [0.25, 0.3) is 0 Å². The Morgan fingerprint density at radius 1 is 1.33 bits per heavy atom. The normalized spacial score (nSPS) is 11.6. The molecule has 0 bridgehead atoms. The summed E-state index contributed by atoms with van der Waals surface area (Å²) in [6.07, 6.45) is -4.74. The third-order valence-corrected chi connectivity index (χ3v) is 2.58. The maximum atomic E-state index is 13.1. The van der Waals surface area contributed by atoms with Crippen molar-refractivity contribution in [3.63, 3.8) is 0 Å². The Labute approximate surface area is 96.6 Å². The van der Waals surface area contributed by atoms with E-state index in [1.807, 2.05) is 0 Å². The molecule has 0 heterocycles. The lowest BCUT2D eigenvalue weighted by atomic mass is 10.1. The largest absolute Gasteiger partial charge is 0.420 e. The van der Waals surface area contributed by atoms with Crippen LogP contribution in [0.1, 0.15) is 22.8 Å². The maximum absolute atomic E-state index is 13.1. The van der Waals surface area contributed by atoms with Gasteiger partial charge in [0, 0.05) is 9.13 Å². The zero-order valence-corrected chi connectivity index (χ0v) is 9.61. The first-order chi connectivity index (χ1) is 6.73. The van der Waals surface area contributed by atoms with E-state index in [1.54, 1.807) is 0 Å². The molecule has 0 aliphatic heterocycles. The molecule has 0 fully saturated rings. The van der Waals surface area contributed by atoms with Crippen LogP contribution in [-0.4, -0.2) is 5.78 Å². The van der Waals surface area contributed by atoms with E-state index in [9.17, 15) is 22.4 Å². The average Bonchev–Trinajstić information content (AvgIpc) is 1.99. The van der Waals surface area contributed by atoms with E-state index in [0.29, 0.717) is 6.07 Å². The third-order valence-electron chi connectivity index (χ3n) is 1.73. The van der Waals surface area contributed by atoms with Crippen LogP contribution in [-0.2, 0) is 6.18 Å². The molecule has 15 heavy (non-hydrogen) atoms. The molecule has 0 radical (unpaired) electrons. The summed E-state index contributed by atoms with van der Waals surface area (Å²) in [5.74, 6) is -1.89. The Morgan fingerprint density at radius 2 is 1.87 bits per heavy atom. The van der Waals surface area contributed by atoms with Gasteiger partial charge in [-0.05, 0) is 41.6 Å². The van der Waals surface area contributed by atoms with Gasteiger partial charge in [-0.25, -0.2) is 4.39 Å². The van der Waals surface area contributed by atoms with Gasteiger partial charge in [0.25, 0.3) is 0 Å². The molecule has 1 aromatic carbocycles. The van der Waals surface area contributed by atoms with Crippen LogP contribution >= 0.6 is 22.6 Å². The molecular weight excluding hydrogens is 327 g/mol. The summed E-state index contributed by atoms with van der Waals surface area (Å²) in [5.41, 5.74) is -1.39. The van der Waals surface area contributed by atoms with E-state index >= 15 is 0 Å². The number of hydrogen-bond donors (Lipinski definition) is 0. The number of ketones is 1. The SMILES string of the molecule is CC(=O)c1cc(F)c(C(F)(F)F)c(I)c1. The van der Waals surface area contributed by atoms with Crippen molar-refractivity contribution in [1.29, 1.82) is 0 Å². The highest BCUT2D eigenvalue weighted by atomic mass is 127. The zero-order chi connectivity index (χ0) is 11.8. The van der Waals surface area contributed by atoms with Crippen LogP contribution in [0.5, 0.6) is 0 Å². The van der Waals surface area contributed by atoms with Gasteiger partial charge < -0.3 is 0 Å². The van der Waals surface area contributed by atoms with Gasteiger partial charge in [0.2, 0.25) is 0 Å². The maximum Gasteiger partial charge on any atom is 0.420 e. The summed E-state index contributed by atoms with van der Waals surface area (Å²) in [6.45, 7) is 1.16. The topological polar surface area (TPSA) is 17.1 Å². The van der Waals surface area contributed by atoms with Crippen molar-refractivity contribution in [2.75, 3.05) is 0 Å². The standard InChI is InChI=1S/C9H5F4IO/c1-4(15)5-2-6(10)8(7(14)3-5)9(11,12)13/h2-3H,1H3. The minimum Gasteiger partial charge on any atom is -0.295 e. The number of carbonyl (C=O) groups excluding carboxylic acids is 1. The van der Waals surface area contributed by atoms with Crippen LogP contribution in [0.3, 0.4) is 0 Å². The Kier molecular flexibility index (Phi) is 3.37. The lowest BCUT2D eigenvalue weighted by Gasteiger charge is -2.11. The Hall–Kier alpha value is -0.660. The third kappa shape index (κ3) is 2.67. The monoisotopic (exact) mass is 332 g/mol. The minimum absolute atomic E-state index is 0.0649. The van der Waals surface area contributed by atoms with Crippen molar-refractivity contribution in [3.05, 3.63) is 32.6 Å². The van der Waals surface area contributed by atoms with Crippen LogP contribution in [0.2, 0.25) is 0 Å². The van der Waals surface area contributed by atoms with Crippen molar-refractivity contribution in [3.8, 4) is 0 Å². The number of halogens is 5. The number of alkyl halides is 3. The molecule has 1 nitrogen and oxygen atoms in total. The van der Waals surface area contributed by atoms with Gasteiger partial charge in [0.15, 0.2) is 5.78 Å². The molecular formula is C9H5F4IO. The van der Waals surface area contributed by atoms with Crippen molar-refractivity contribution in [2.45, 2.75) is 13.1 Å². The molecule has 0 aromatic heterocycles. The highest BCUT2D eigenvalue weighted by molar-refractivity contribution is 14.1. The summed E-state index contributed by atoms with van der Waals surface area (Å²) in [6, 6.07) is 1.63. The molecule has 0 saturated heterocycles. The van der Waals surface area contributed by atoms with Gasteiger partial charge in [-0.15, -0.1) is 0 Å². The number of rotatable bonds is 1. The first kappa shape index (κ1) is 12.4. The summed E-state index contributed by atoms with van der Waals surface area (Å²) >= 11 is 1.36. The van der Waals surface area contributed by atoms with Gasteiger partial charge in [-0.1, -0.05) is 0 Å². The molecule has 0 aliphatic rings. The van der Waals surface area contributed by atoms with Gasteiger partial charge in [0.1, 0.15) is 11.4 Å². The van der Waals surface area contributed by atoms with Crippen molar-refractivity contribution < 1.29 is 22.4 Å². The number of carbonyl (C=O) groups is 1. The molecule has 0 saturated carbocycles. The molecule has 6 heteroatoms. The quantitative estimate of drug-likeness (QED) is 0.436. The van der Waals surface area contributed by atoms with Gasteiger partial charge in [0.05, 0.1) is 0 Å². The summed E-state index contributed by atoms with van der Waals surface area (Å²) < 4.78 is 49.7. The molecule has 1 rings (SSSR count). The van der Waals surface area contributed by atoms with Crippen LogP contribution in [0, 0.1) is 9.39 Å². The second-order valence-electron chi connectivity index (χ2n) is 2.87. The van der Waals surface area contributed by atoms with E-state index in [2.05, 4.69) is 0 Å². The van der Waals surface area contributed by atoms with E-state index < -0.39 is 23.3 Å². The average molecular weight is 332 g/mol. The van der Waals surface area contributed by atoms with Crippen LogP contribution in [0.4, 0.5) is 17.6 Å². The van der Waals surface area contributed by atoms with E-state index in [4.69, 9.17) is 0 Å². The van der Waals surface area contributed by atoms with Gasteiger partial charge >= 0.3 is 6.18 Å². The molecule has 0 spiro atoms. The molecule has 1 aromatic rings. The molecule has 0 aliphatic carbocycles. The summed E-state index contributed by atoms with van der Waals surface area (Å²) in [4.78, 5) is 10.9. The Balaban J connectivity index is 3.41. The van der Waals surface area contributed by atoms with E-state index in [-0.39, 0.29) is 9.13 Å². The van der Waals surface area contributed by atoms with E-state index in [0.717, 1.165) is 13.0 Å². The van der Waals surface area contributed by atoms with Crippen molar-refractivity contribution in [1.82, 2.24) is 0 Å². The van der Waals surface area contributed by atoms with Crippen molar-refractivity contribution >= 4 is 28.4 Å². The predicted molar refractivity (Wildman–Crippen MR) is 54.1 cm³/mol.